The Bertz CT molecular complexity index is 1400. The Morgan fingerprint density at radius 1 is 1.03 bits per heavy atom. The first kappa shape index (κ1) is 27.9. The molecule has 2 N–H and O–H groups in total. The molecule has 1 aromatic heterocycles. The molecule has 11 heteroatoms. The van der Waals surface area contributed by atoms with Crippen molar-refractivity contribution in [1.29, 1.82) is 0 Å². The molecule has 2 aromatic carbocycles. The fraction of sp³-hybridized carbons (Fsp3) is 0.250. The summed E-state index contributed by atoms with van der Waals surface area (Å²) < 4.78 is 14.1. The third-order valence-electron chi connectivity index (χ3n) is 6.33. The van der Waals surface area contributed by atoms with Gasteiger partial charge < -0.3 is 20.2 Å². The molecular weight excluding hydrogens is 571 g/mol. The normalized spacial score (nSPS) is 15.9. The largest absolute Gasteiger partial charge is 0.481 e. The Morgan fingerprint density at radius 3 is 2.31 bits per heavy atom. The van der Waals surface area contributed by atoms with Gasteiger partial charge in [-0.15, -0.1) is 0 Å². The quantitative estimate of drug-likeness (QED) is 0.426. The number of carboxylic acids is 1. The second-order valence-corrected chi connectivity index (χ2v) is 10.1. The fourth-order valence-electron chi connectivity index (χ4n) is 4.55. The Labute approximate surface area is 232 Å². The number of amides is 3. The Hall–Kier alpha value is -4.12. The molecule has 0 saturated carbocycles. The van der Waals surface area contributed by atoms with E-state index in [1.165, 1.54) is 34.3 Å². The maximum Gasteiger partial charge on any atom is 0.305 e. The van der Waals surface area contributed by atoms with E-state index >= 15 is 0 Å². The number of nitrogens with zero attached hydrogens (tertiary/aromatic N) is 3. The van der Waals surface area contributed by atoms with Gasteiger partial charge in [-0.2, -0.15) is 0 Å². The number of carbonyl (C=O) groups is 4. The number of nitrogens with one attached hydrogen (secondary N) is 1. The molecule has 3 amide bonds. The number of carbonyl (C=O) groups excluding carboxylic acids is 3. The van der Waals surface area contributed by atoms with Crippen molar-refractivity contribution in [2.75, 3.05) is 13.1 Å². The van der Waals surface area contributed by atoms with Gasteiger partial charge in [0.2, 0.25) is 0 Å². The molecule has 0 radical (unpaired) electrons. The van der Waals surface area contributed by atoms with Crippen LogP contribution in [-0.4, -0.2) is 62.8 Å². The zero-order chi connectivity index (χ0) is 28.1. The molecule has 3 aromatic rings. The molecule has 2 atom stereocenters. The lowest BCUT2D eigenvalue weighted by Crippen LogP contribution is -2.63. The van der Waals surface area contributed by atoms with Gasteiger partial charge in [0.25, 0.3) is 17.7 Å². The van der Waals surface area contributed by atoms with E-state index in [9.17, 15) is 28.7 Å². The van der Waals surface area contributed by atoms with E-state index in [1.54, 1.807) is 24.3 Å². The first-order chi connectivity index (χ1) is 18.6. The van der Waals surface area contributed by atoms with E-state index in [0.29, 0.717) is 16.5 Å². The van der Waals surface area contributed by atoms with Crippen molar-refractivity contribution in [2.45, 2.75) is 32.0 Å². The van der Waals surface area contributed by atoms with Crippen LogP contribution in [0.15, 0.2) is 71.5 Å². The third-order valence-corrected chi connectivity index (χ3v) is 6.76. The average molecular weight is 597 g/mol. The number of hydrogen-bond acceptors (Lipinski definition) is 5. The molecule has 1 aliphatic rings. The Kier molecular flexibility index (Phi) is 8.70. The zero-order valence-electron chi connectivity index (χ0n) is 21.0. The van der Waals surface area contributed by atoms with Crippen molar-refractivity contribution >= 4 is 39.6 Å². The molecule has 2 unspecified atom stereocenters. The molecule has 0 aliphatic carbocycles. The van der Waals surface area contributed by atoms with Gasteiger partial charge in [0.15, 0.2) is 6.17 Å². The standard InChI is InChI=1S/C28H26BrFN4O5/c1-17-4-2-5-19(12-17)23(14-24(35)36)32-25(37)26-33(27(38)18-6-8-22(30)9-7-18)10-3-11-34(26)28(39)20-13-21(29)16-31-15-20/h2,4-9,12-13,15-16,23,26H,3,10-11,14H2,1H3,(H,32,37)(H,35,36). The van der Waals surface area contributed by atoms with Crippen LogP contribution >= 0.6 is 15.9 Å². The zero-order valence-corrected chi connectivity index (χ0v) is 22.6. The summed E-state index contributed by atoms with van der Waals surface area (Å²) in [4.78, 5) is 59.3. The topological polar surface area (TPSA) is 120 Å². The number of benzene rings is 2. The van der Waals surface area contributed by atoms with E-state index in [2.05, 4.69) is 26.2 Å². The maximum atomic E-state index is 13.9. The SMILES string of the molecule is Cc1cccc(C(CC(=O)O)NC(=O)C2N(C(=O)c3ccc(F)cc3)CCCN2C(=O)c2cncc(Br)c2)c1. The highest BCUT2D eigenvalue weighted by atomic mass is 79.9. The average Bonchev–Trinajstić information content (AvgIpc) is 2.91. The van der Waals surface area contributed by atoms with Crippen LogP contribution in [0.25, 0.3) is 0 Å². The van der Waals surface area contributed by atoms with Gasteiger partial charge in [0.05, 0.1) is 18.0 Å². The summed E-state index contributed by atoms with van der Waals surface area (Å²) in [5.74, 6) is -3.45. The lowest BCUT2D eigenvalue weighted by molar-refractivity contribution is -0.138. The van der Waals surface area contributed by atoms with Crippen molar-refractivity contribution in [2.24, 2.45) is 0 Å². The van der Waals surface area contributed by atoms with Crippen molar-refractivity contribution < 1.29 is 28.7 Å². The molecule has 1 saturated heterocycles. The van der Waals surface area contributed by atoms with Gasteiger partial charge in [0.1, 0.15) is 5.82 Å². The lowest BCUT2D eigenvalue weighted by Gasteiger charge is -2.43. The molecule has 2 heterocycles. The highest BCUT2D eigenvalue weighted by Crippen LogP contribution is 2.24. The molecule has 0 spiro atoms. The predicted octanol–water partition coefficient (Wildman–Crippen LogP) is 3.94. The van der Waals surface area contributed by atoms with Crippen molar-refractivity contribution in [3.05, 3.63) is 99.5 Å². The number of aromatic nitrogens is 1. The molecule has 1 fully saturated rings. The van der Waals surface area contributed by atoms with E-state index in [-0.39, 0.29) is 24.2 Å². The molecule has 4 rings (SSSR count). The van der Waals surface area contributed by atoms with Crippen molar-refractivity contribution in [1.82, 2.24) is 20.1 Å². The number of hydrogen-bond donors (Lipinski definition) is 2. The molecule has 1 aliphatic heterocycles. The van der Waals surface area contributed by atoms with Crippen LogP contribution in [0.1, 0.15) is 50.7 Å². The first-order valence-electron chi connectivity index (χ1n) is 12.2. The minimum Gasteiger partial charge on any atom is -0.481 e. The summed E-state index contributed by atoms with van der Waals surface area (Å²) in [5, 5.41) is 12.3. The number of pyridine rings is 1. The van der Waals surface area contributed by atoms with Gasteiger partial charge in [0, 0.05) is 35.5 Å². The van der Waals surface area contributed by atoms with E-state index in [0.717, 1.165) is 17.7 Å². The van der Waals surface area contributed by atoms with Crippen molar-refractivity contribution in [3.63, 3.8) is 0 Å². The van der Waals surface area contributed by atoms with Gasteiger partial charge in [-0.1, -0.05) is 29.8 Å². The van der Waals surface area contributed by atoms with Gasteiger partial charge >= 0.3 is 5.97 Å². The minimum absolute atomic E-state index is 0.147. The summed E-state index contributed by atoms with van der Waals surface area (Å²) in [6, 6.07) is 12.6. The number of aryl methyl sites for hydroxylation is 1. The van der Waals surface area contributed by atoms with E-state index in [4.69, 9.17) is 0 Å². The van der Waals surface area contributed by atoms with Crippen LogP contribution in [-0.2, 0) is 9.59 Å². The van der Waals surface area contributed by atoms with Crippen molar-refractivity contribution in [3.8, 4) is 0 Å². The third kappa shape index (κ3) is 6.66. The van der Waals surface area contributed by atoms with Gasteiger partial charge in [-0.3, -0.25) is 24.2 Å². The molecular formula is C28H26BrFN4O5. The lowest BCUT2D eigenvalue weighted by atomic mass is 10.0. The monoisotopic (exact) mass is 596 g/mol. The van der Waals surface area contributed by atoms with Crippen LogP contribution < -0.4 is 5.32 Å². The Balaban J connectivity index is 1.72. The van der Waals surface area contributed by atoms with Crippen LogP contribution in [0.4, 0.5) is 4.39 Å². The summed E-state index contributed by atoms with van der Waals surface area (Å²) in [6.07, 6.45) is 1.48. The van der Waals surface area contributed by atoms with Crippen LogP contribution in [0.5, 0.6) is 0 Å². The summed E-state index contributed by atoms with van der Waals surface area (Å²) in [7, 11) is 0. The van der Waals surface area contributed by atoms with Gasteiger partial charge in [-0.05, 0) is 65.2 Å². The second-order valence-electron chi connectivity index (χ2n) is 9.20. The van der Waals surface area contributed by atoms with Crippen LogP contribution in [0, 0.1) is 12.7 Å². The molecule has 9 nitrogen and oxygen atoms in total. The fourth-order valence-corrected chi connectivity index (χ4v) is 4.91. The van der Waals surface area contributed by atoms with Crippen LogP contribution in [0.2, 0.25) is 0 Å². The first-order valence-corrected chi connectivity index (χ1v) is 13.0. The summed E-state index contributed by atoms with van der Waals surface area (Å²) in [5.41, 5.74) is 1.81. The highest BCUT2D eigenvalue weighted by Gasteiger charge is 2.41. The summed E-state index contributed by atoms with van der Waals surface area (Å²) in [6.45, 7) is 2.17. The Morgan fingerprint density at radius 2 is 1.69 bits per heavy atom. The van der Waals surface area contributed by atoms with E-state index < -0.39 is 48.1 Å². The smallest absolute Gasteiger partial charge is 0.305 e. The molecule has 39 heavy (non-hydrogen) atoms. The van der Waals surface area contributed by atoms with E-state index in [1.807, 2.05) is 13.0 Å². The number of halogens is 2. The molecule has 0 bridgehead atoms. The number of aliphatic carboxylic acids is 1. The van der Waals surface area contributed by atoms with Crippen LogP contribution in [0.3, 0.4) is 0 Å². The summed E-state index contributed by atoms with van der Waals surface area (Å²) >= 11 is 3.29. The second kappa shape index (κ2) is 12.2. The van der Waals surface area contributed by atoms with Gasteiger partial charge in [-0.25, -0.2) is 4.39 Å². The maximum absolute atomic E-state index is 13.9. The number of rotatable bonds is 7. The number of carboxylic acid groups (broad SMARTS) is 1. The highest BCUT2D eigenvalue weighted by molar-refractivity contribution is 9.10. The molecule has 202 valence electrons. The minimum atomic E-state index is -1.39. The predicted molar refractivity (Wildman–Crippen MR) is 143 cm³/mol.